The SMILES string of the molecule is C=CCC(N)CC[C@@H]1CN(C(=O)O)C(C)(C)C1. The Morgan fingerprint density at radius 3 is 2.82 bits per heavy atom. The van der Waals surface area contributed by atoms with Crippen LogP contribution in [0.2, 0.25) is 0 Å². The number of rotatable bonds is 5. The molecule has 98 valence electrons. The van der Waals surface area contributed by atoms with Crippen LogP contribution in [0.3, 0.4) is 0 Å². The summed E-state index contributed by atoms with van der Waals surface area (Å²) < 4.78 is 0. The molecule has 1 amide bonds. The summed E-state index contributed by atoms with van der Waals surface area (Å²) in [6.45, 7) is 8.30. The van der Waals surface area contributed by atoms with Gasteiger partial charge in [-0.15, -0.1) is 6.58 Å². The predicted molar refractivity (Wildman–Crippen MR) is 68.9 cm³/mol. The molecule has 0 spiro atoms. The smallest absolute Gasteiger partial charge is 0.407 e. The number of carbonyl (C=O) groups is 1. The Morgan fingerprint density at radius 1 is 1.71 bits per heavy atom. The van der Waals surface area contributed by atoms with Crippen molar-refractivity contribution in [3.8, 4) is 0 Å². The van der Waals surface area contributed by atoms with Crippen LogP contribution < -0.4 is 5.73 Å². The molecule has 2 atom stereocenters. The first-order chi connectivity index (χ1) is 7.86. The summed E-state index contributed by atoms with van der Waals surface area (Å²) in [6, 6.07) is 0.162. The summed E-state index contributed by atoms with van der Waals surface area (Å²) in [5, 5.41) is 9.12. The first kappa shape index (κ1) is 14.0. The zero-order chi connectivity index (χ0) is 13.1. The molecule has 0 aromatic carbocycles. The van der Waals surface area contributed by atoms with Crippen molar-refractivity contribution in [1.82, 2.24) is 4.90 Å². The second-order valence-corrected chi connectivity index (χ2v) is 5.64. The van der Waals surface area contributed by atoms with Gasteiger partial charge >= 0.3 is 6.09 Å². The van der Waals surface area contributed by atoms with Gasteiger partial charge in [0.1, 0.15) is 0 Å². The largest absolute Gasteiger partial charge is 0.465 e. The zero-order valence-corrected chi connectivity index (χ0v) is 10.9. The van der Waals surface area contributed by atoms with Crippen LogP contribution in [0.25, 0.3) is 0 Å². The molecule has 1 aliphatic rings. The fraction of sp³-hybridized carbons (Fsp3) is 0.769. The van der Waals surface area contributed by atoms with E-state index in [0.717, 1.165) is 25.7 Å². The number of amides is 1. The highest BCUT2D eigenvalue weighted by atomic mass is 16.4. The van der Waals surface area contributed by atoms with E-state index in [1.807, 2.05) is 19.9 Å². The van der Waals surface area contributed by atoms with Crippen molar-refractivity contribution >= 4 is 6.09 Å². The molecular weight excluding hydrogens is 216 g/mol. The molecule has 1 aliphatic heterocycles. The molecule has 4 nitrogen and oxygen atoms in total. The number of hydrogen-bond acceptors (Lipinski definition) is 2. The molecule has 0 bridgehead atoms. The van der Waals surface area contributed by atoms with E-state index in [4.69, 9.17) is 10.8 Å². The summed E-state index contributed by atoms with van der Waals surface area (Å²) in [7, 11) is 0. The van der Waals surface area contributed by atoms with Gasteiger partial charge in [0.25, 0.3) is 0 Å². The Bertz CT molecular complexity index is 289. The van der Waals surface area contributed by atoms with Crippen LogP contribution in [0.1, 0.15) is 39.5 Å². The topological polar surface area (TPSA) is 66.6 Å². The van der Waals surface area contributed by atoms with Crippen LogP contribution in [0.4, 0.5) is 4.79 Å². The third kappa shape index (κ3) is 3.73. The van der Waals surface area contributed by atoms with E-state index < -0.39 is 6.09 Å². The molecule has 1 saturated heterocycles. The fourth-order valence-electron chi connectivity index (χ4n) is 2.70. The summed E-state index contributed by atoms with van der Waals surface area (Å²) in [4.78, 5) is 12.6. The van der Waals surface area contributed by atoms with Crippen molar-refractivity contribution in [3.05, 3.63) is 12.7 Å². The molecule has 0 radical (unpaired) electrons. The van der Waals surface area contributed by atoms with Gasteiger partial charge in [0, 0.05) is 18.1 Å². The number of hydrogen-bond donors (Lipinski definition) is 2. The molecule has 0 aliphatic carbocycles. The lowest BCUT2D eigenvalue weighted by Gasteiger charge is -2.28. The number of carboxylic acid groups (broad SMARTS) is 1. The van der Waals surface area contributed by atoms with Gasteiger partial charge in [-0.2, -0.15) is 0 Å². The molecule has 3 N–H and O–H groups in total. The fourth-order valence-corrected chi connectivity index (χ4v) is 2.70. The second-order valence-electron chi connectivity index (χ2n) is 5.64. The third-order valence-electron chi connectivity index (χ3n) is 3.61. The van der Waals surface area contributed by atoms with Crippen molar-refractivity contribution < 1.29 is 9.90 Å². The molecule has 1 unspecified atom stereocenters. The van der Waals surface area contributed by atoms with Gasteiger partial charge in [0.15, 0.2) is 0 Å². The molecule has 0 aromatic rings. The van der Waals surface area contributed by atoms with E-state index in [9.17, 15) is 4.79 Å². The first-order valence-corrected chi connectivity index (χ1v) is 6.24. The number of nitrogens with zero attached hydrogens (tertiary/aromatic N) is 1. The minimum absolute atomic E-state index is 0.162. The van der Waals surface area contributed by atoms with E-state index in [-0.39, 0.29) is 11.6 Å². The van der Waals surface area contributed by atoms with Crippen molar-refractivity contribution in [2.45, 2.75) is 51.1 Å². The standard InChI is InChI=1S/C13H24N2O2/c1-4-5-11(14)7-6-10-8-13(2,3)15(9-10)12(16)17/h4,10-11H,1,5-9,14H2,2-3H3,(H,16,17)/t10-,11?/m0/s1. The Kier molecular flexibility index (Phi) is 4.57. The van der Waals surface area contributed by atoms with Gasteiger partial charge < -0.3 is 15.7 Å². The maximum absolute atomic E-state index is 11.1. The molecule has 17 heavy (non-hydrogen) atoms. The normalized spacial score (nSPS) is 24.6. The van der Waals surface area contributed by atoms with Crippen molar-refractivity contribution in [2.75, 3.05) is 6.54 Å². The van der Waals surface area contributed by atoms with Gasteiger partial charge in [0.2, 0.25) is 0 Å². The Morgan fingerprint density at radius 2 is 2.35 bits per heavy atom. The van der Waals surface area contributed by atoms with Gasteiger partial charge in [0.05, 0.1) is 0 Å². The van der Waals surface area contributed by atoms with E-state index in [2.05, 4.69) is 6.58 Å². The van der Waals surface area contributed by atoms with Crippen molar-refractivity contribution in [2.24, 2.45) is 11.7 Å². The molecule has 1 fully saturated rings. The van der Waals surface area contributed by atoms with Crippen LogP contribution in [-0.2, 0) is 0 Å². The minimum Gasteiger partial charge on any atom is -0.465 e. The molecular formula is C13H24N2O2. The van der Waals surface area contributed by atoms with Crippen LogP contribution in [0.15, 0.2) is 12.7 Å². The van der Waals surface area contributed by atoms with Gasteiger partial charge in [-0.05, 0) is 45.4 Å². The lowest BCUT2D eigenvalue weighted by molar-refractivity contribution is 0.117. The van der Waals surface area contributed by atoms with E-state index >= 15 is 0 Å². The zero-order valence-electron chi connectivity index (χ0n) is 10.9. The quantitative estimate of drug-likeness (QED) is 0.725. The van der Waals surface area contributed by atoms with Gasteiger partial charge in [-0.1, -0.05) is 6.08 Å². The monoisotopic (exact) mass is 240 g/mol. The average Bonchev–Trinajstić information content (AvgIpc) is 2.51. The first-order valence-electron chi connectivity index (χ1n) is 6.24. The molecule has 0 saturated carbocycles. The maximum atomic E-state index is 11.1. The van der Waals surface area contributed by atoms with E-state index in [1.165, 1.54) is 0 Å². The molecule has 0 aromatic heterocycles. The summed E-state index contributed by atoms with van der Waals surface area (Å²) >= 11 is 0. The Balaban J connectivity index is 2.43. The van der Waals surface area contributed by atoms with Crippen molar-refractivity contribution in [3.63, 3.8) is 0 Å². The Labute approximate surface area is 103 Å². The Hall–Kier alpha value is -1.03. The van der Waals surface area contributed by atoms with Crippen LogP contribution in [0.5, 0.6) is 0 Å². The van der Waals surface area contributed by atoms with Crippen LogP contribution in [-0.4, -0.2) is 34.2 Å². The van der Waals surface area contributed by atoms with E-state index in [0.29, 0.717) is 12.5 Å². The number of nitrogens with two attached hydrogens (primary N) is 1. The molecule has 1 rings (SSSR count). The predicted octanol–water partition coefficient (Wildman–Crippen LogP) is 2.45. The lowest BCUT2D eigenvalue weighted by atomic mass is 9.92. The van der Waals surface area contributed by atoms with Crippen LogP contribution in [0, 0.1) is 5.92 Å². The van der Waals surface area contributed by atoms with Gasteiger partial charge in [-0.3, -0.25) is 0 Å². The van der Waals surface area contributed by atoms with E-state index in [1.54, 1.807) is 4.90 Å². The summed E-state index contributed by atoms with van der Waals surface area (Å²) in [5.41, 5.74) is 5.69. The minimum atomic E-state index is -0.812. The summed E-state index contributed by atoms with van der Waals surface area (Å²) in [5.74, 6) is 0.442. The highest BCUT2D eigenvalue weighted by Crippen LogP contribution is 2.35. The van der Waals surface area contributed by atoms with Crippen LogP contribution >= 0.6 is 0 Å². The summed E-state index contributed by atoms with van der Waals surface area (Å²) in [6.07, 6.45) is 4.74. The lowest BCUT2D eigenvalue weighted by Crippen LogP contribution is -2.41. The van der Waals surface area contributed by atoms with Crippen molar-refractivity contribution in [1.29, 1.82) is 0 Å². The highest BCUT2D eigenvalue weighted by Gasteiger charge is 2.40. The maximum Gasteiger partial charge on any atom is 0.407 e. The van der Waals surface area contributed by atoms with Gasteiger partial charge in [-0.25, -0.2) is 4.79 Å². The molecule has 4 heteroatoms. The molecule has 1 heterocycles. The third-order valence-corrected chi connectivity index (χ3v) is 3.61. The number of likely N-dealkylation sites (tertiary alicyclic amines) is 1. The highest BCUT2D eigenvalue weighted by molar-refractivity contribution is 5.66. The second kappa shape index (κ2) is 5.54. The average molecular weight is 240 g/mol.